The lowest BCUT2D eigenvalue weighted by Crippen LogP contribution is -2.39. The van der Waals surface area contributed by atoms with Crippen molar-refractivity contribution in [3.63, 3.8) is 0 Å². The van der Waals surface area contributed by atoms with Gasteiger partial charge < -0.3 is 5.32 Å². The van der Waals surface area contributed by atoms with E-state index in [1.165, 1.54) is 12.1 Å². The molecular weight excluding hydrogens is 317 g/mol. The zero-order chi connectivity index (χ0) is 16.0. The fourth-order valence-electron chi connectivity index (χ4n) is 2.15. The van der Waals surface area contributed by atoms with Crippen LogP contribution >= 0.6 is 11.6 Å². The Bertz CT molecular complexity index is 729. The molecule has 1 saturated carbocycles. The number of carbonyl (C=O) groups is 1. The number of nitrogens with zero attached hydrogens (tertiary/aromatic N) is 1. The van der Waals surface area contributed by atoms with Crippen LogP contribution in [-0.2, 0) is 10.3 Å². The maximum Gasteiger partial charge on any atom is 0.429 e. The number of carbonyl (C=O) groups excluding carboxylic acids is 1. The summed E-state index contributed by atoms with van der Waals surface area (Å²) in [6.45, 7) is 0. The highest BCUT2D eigenvalue weighted by molar-refractivity contribution is 6.33. The molecule has 3 rings (SSSR count). The normalized spacial score (nSPS) is 23.9. The highest BCUT2D eigenvalue weighted by Crippen LogP contribution is 2.46. The quantitative estimate of drug-likeness (QED) is 0.728. The summed E-state index contributed by atoms with van der Waals surface area (Å²) in [5.41, 5.74) is -3.04. The second-order valence-corrected chi connectivity index (χ2v) is 5.63. The van der Waals surface area contributed by atoms with Gasteiger partial charge >= 0.3 is 6.18 Å². The third kappa shape index (κ3) is 2.57. The van der Waals surface area contributed by atoms with Gasteiger partial charge in [0.2, 0.25) is 5.54 Å². The molecule has 1 N–H and O–H groups in total. The van der Waals surface area contributed by atoms with Gasteiger partial charge in [0.05, 0.1) is 6.21 Å². The van der Waals surface area contributed by atoms with Crippen LogP contribution in [-0.4, -0.2) is 18.3 Å². The maximum absolute atomic E-state index is 13.8. The van der Waals surface area contributed by atoms with Crippen molar-refractivity contribution in [1.82, 2.24) is 0 Å². The van der Waals surface area contributed by atoms with Crippen LogP contribution in [0.15, 0.2) is 23.2 Å². The topological polar surface area (TPSA) is 41.5 Å². The van der Waals surface area contributed by atoms with Crippen LogP contribution in [0, 0.1) is 17.8 Å². The highest BCUT2D eigenvalue weighted by Gasteiger charge is 2.57. The number of benzene rings is 1. The summed E-state index contributed by atoms with van der Waals surface area (Å²) in [5.74, 6) is 4.10. The van der Waals surface area contributed by atoms with Gasteiger partial charge in [-0.1, -0.05) is 23.4 Å². The van der Waals surface area contributed by atoms with Gasteiger partial charge in [0, 0.05) is 22.2 Å². The summed E-state index contributed by atoms with van der Waals surface area (Å²) in [6.07, 6.45) is -2.59. The third-order valence-electron chi connectivity index (χ3n) is 3.45. The summed E-state index contributed by atoms with van der Waals surface area (Å²) in [4.78, 5) is 15.1. The summed E-state index contributed by atoms with van der Waals surface area (Å²) in [7, 11) is 0. The lowest BCUT2D eigenvalue weighted by atomic mass is 9.88. The van der Waals surface area contributed by atoms with Crippen LogP contribution in [0.2, 0.25) is 5.02 Å². The first-order chi connectivity index (χ1) is 10.3. The van der Waals surface area contributed by atoms with E-state index in [9.17, 15) is 18.0 Å². The second kappa shape index (κ2) is 5.03. The molecule has 0 bridgehead atoms. The minimum atomic E-state index is -4.78. The molecule has 7 heteroatoms. The number of hydrogen-bond donors (Lipinski definition) is 1. The SMILES string of the molecule is O=C1C=NC(C#CC2CC2)(C(F)(F)F)c2cc(Cl)ccc2N1. The molecule has 2 aliphatic rings. The van der Waals surface area contributed by atoms with E-state index in [0.717, 1.165) is 18.9 Å². The molecule has 22 heavy (non-hydrogen) atoms. The molecule has 1 atom stereocenters. The molecule has 1 aliphatic carbocycles. The molecule has 0 spiro atoms. The molecule has 114 valence electrons. The Balaban J connectivity index is 2.27. The first-order valence-corrected chi connectivity index (χ1v) is 6.95. The second-order valence-electron chi connectivity index (χ2n) is 5.19. The molecular formula is C15H10ClF3N2O. The number of fused-ring (bicyclic) bond motifs is 1. The van der Waals surface area contributed by atoms with Crippen LogP contribution < -0.4 is 5.32 Å². The lowest BCUT2D eigenvalue weighted by molar-refractivity contribution is -0.170. The number of amides is 1. The number of hydrogen-bond acceptors (Lipinski definition) is 2. The fraction of sp³-hybridized carbons (Fsp3) is 0.333. The Morgan fingerprint density at radius 2 is 2.09 bits per heavy atom. The minimum Gasteiger partial charge on any atom is -0.321 e. The van der Waals surface area contributed by atoms with E-state index < -0.39 is 17.6 Å². The maximum atomic E-state index is 13.8. The summed E-state index contributed by atoms with van der Waals surface area (Å²) in [6, 6.07) is 3.87. The fourth-order valence-corrected chi connectivity index (χ4v) is 2.32. The van der Waals surface area contributed by atoms with E-state index in [-0.39, 0.29) is 22.2 Å². The van der Waals surface area contributed by atoms with Crippen LogP contribution in [0.1, 0.15) is 18.4 Å². The molecule has 0 radical (unpaired) electrons. The first-order valence-electron chi connectivity index (χ1n) is 6.57. The van der Waals surface area contributed by atoms with E-state index in [2.05, 4.69) is 22.2 Å². The van der Waals surface area contributed by atoms with Crippen LogP contribution in [0.3, 0.4) is 0 Å². The van der Waals surface area contributed by atoms with Gasteiger partial charge in [0.15, 0.2) is 0 Å². The van der Waals surface area contributed by atoms with E-state index in [1.807, 2.05) is 0 Å². The monoisotopic (exact) mass is 326 g/mol. The van der Waals surface area contributed by atoms with Crippen LogP contribution in [0.5, 0.6) is 0 Å². The molecule has 0 saturated heterocycles. The van der Waals surface area contributed by atoms with Gasteiger partial charge in [0.1, 0.15) is 0 Å². The molecule has 1 unspecified atom stereocenters. The zero-order valence-electron chi connectivity index (χ0n) is 11.2. The van der Waals surface area contributed by atoms with Crippen molar-refractivity contribution >= 4 is 29.4 Å². The molecule has 1 heterocycles. The molecule has 1 fully saturated rings. The van der Waals surface area contributed by atoms with Crippen LogP contribution in [0.25, 0.3) is 0 Å². The van der Waals surface area contributed by atoms with E-state index in [0.29, 0.717) is 6.21 Å². The Hall–Kier alpha value is -2.00. The summed E-state index contributed by atoms with van der Waals surface area (Å²) >= 11 is 5.84. The van der Waals surface area contributed by atoms with Gasteiger partial charge in [-0.15, -0.1) is 0 Å². The van der Waals surface area contributed by atoms with Crippen molar-refractivity contribution < 1.29 is 18.0 Å². The van der Waals surface area contributed by atoms with Crippen molar-refractivity contribution in [3.05, 3.63) is 28.8 Å². The molecule has 1 aromatic rings. The standard InChI is InChI=1S/C15H10ClF3N2O/c16-10-3-4-12-11(7-10)14(15(17,18)19,6-5-9-1-2-9)20-8-13(22)21-12/h3-4,7-9H,1-2H2,(H,21,22). The van der Waals surface area contributed by atoms with Gasteiger partial charge in [-0.05, 0) is 31.0 Å². The van der Waals surface area contributed by atoms with Gasteiger partial charge in [-0.2, -0.15) is 13.2 Å². The molecule has 0 aromatic heterocycles. The summed E-state index contributed by atoms with van der Waals surface area (Å²) in [5, 5.41) is 2.48. The average Bonchev–Trinajstić information content (AvgIpc) is 3.24. The number of rotatable bonds is 0. The molecule has 1 amide bonds. The Labute approximate surface area is 129 Å². The number of halogens is 4. The van der Waals surface area contributed by atoms with Gasteiger partial charge in [0.25, 0.3) is 5.91 Å². The highest BCUT2D eigenvalue weighted by atomic mass is 35.5. The largest absolute Gasteiger partial charge is 0.429 e. The third-order valence-corrected chi connectivity index (χ3v) is 3.68. The Kier molecular flexibility index (Phi) is 3.41. The number of anilines is 1. The van der Waals surface area contributed by atoms with Crippen molar-refractivity contribution in [2.45, 2.75) is 24.6 Å². The molecule has 1 aromatic carbocycles. The smallest absolute Gasteiger partial charge is 0.321 e. The van der Waals surface area contributed by atoms with E-state index in [1.54, 1.807) is 0 Å². The number of alkyl halides is 3. The van der Waals surface area contributed by atoms with Crippen molar-refractivity contribution in [2.75, 3.05) is 5.32 Å². The number of nitrogens with one attached hydrogen (secondary N) is 1. The summed E-state index contributed by atoms with van der Waals surface area (Å²) < 4.78 is 41.4. The predicted octanol–water partition coefficient (Wildman–Crippen LogP) is 3.53. The molecule has 1 aliphatic heterocycles. The molecule has 3 nitrogen and oxygen atoms in total. The Morgan fingerprint density at radius 3 is 2.73 bits per heavy atom. The van der Waals surface area contributed by atoms with Gasteiger partial charge in [-0.3, -0.25) is 9.79 Å². The van der Waals surface area contributed by atoms with E-state index >= 15 is 0 Å². The first kappa shape index (κ1) is 14.9. The zero-order valence-corrected chi connectivity index (χ0v) is 11.9. The average molecular weight is 327 g/mol. The van der Waals surface area contributed by atoms with Gasteiger partial charge in [-0.25, -0.2) is 0 Å². The van der Waals surface area contributed by atoms with Crippen LogP contribution in [0.4, 0.5) is 18.9 Å². The van der Waals surface area contributed by atoms with Crippen molar-refractivity contribution in [3.8, 4) is 11.8 Å². The number of aliphatic imine (C=N–C) groups is 1. The lowest BCUT2D eigenvalue weighted by Gasteiger charge is -2.28. The predicted molar refractivity (Wildman–Crippen MR) is 76.8 cm³/mol. The van der Waals surface area contributed by atoms with E-state index in [4.69, 9.17) is 11.6 Å². The minimum absolute atomic E-state index is 0.00863. The van der Waals surface area contributed by atoms with Crippen molar-refractivity contribution in [1.29, 1.82) is 0 Å². The Morgan fingerprint density at radius 1 is 1.36 bits per heavy atom. The van der Waals surface area contributed by atoms with Crippen molar-refractivity contribution in [2.24, 2.45) is 10.9 Å².